The second-order valence-corrected chi connectivity index (χ2v) is 7.56. The van der Waals surface area contributed by atoms with Gasteiger partial charge in [-0.3, -0.25) is 14.9 Å². The Balaban J connectivity index is 1.44. The van der Waals surface area contributed by atoms with E-state index in [-0.39, 0.29) is 11.9 Å². The Bertz CT molecular complexity index is 1090. The molecule has 1 aliphatic carbocycles. The molecule has 7 heteroatoms. The minimum Gasteiger partial charge on any atom is -0.487 e. The molecule has 0 radical (unpaired) electrons. The number of ether oxygens (including phenoxy) is 2. The fraction of sp³-hybridized carbons (Fsp3) is 0.273. The van der Waals surface area contributed by atoms with Gasteiger partial charge in [-0.25, -0.2) is 4.39 Å². The van der Waals surface area contributed by atoms with Crippen LogP contribution in [0.1, 0.15) is 35.1 Å². The maximum Gasteiger partial charge on any atom is 0.326 e. The van der Waals surface area contributed by atoms with Crippen LogP contribution >= 0.6 is 0 Å². The molecule has 0 atom stereocenters. The number of carbonyl (C=O) groups excluding carboxylic acids is 2. The van der Waals surface area contributed by atoms with Crippen LogP contribution in [0.3, 0.4) is 0 Å². The molecule has 29 heavy (non-hydrogen) atoms. The van der Waals surface area contributed by atoms with Gasteiger partial charge in [-0.1, -0.05) is 18.2 Å². The molecule has 2 heterocycles. The molecular formula is C22H19FN2O4. The van der Waals surface area contributed by atoms with Crippen molar-refractivity contribution in [2.45, 2.75) is 31.5 Å². The molecule has 0 saturated heterocycles. The fourth-order valence-electron chi connectivity index (χ4n) is 3.94. The average molecular weight is 394 g/mol. The Morgan fingerprint density at radius 2 is 2.07 bits per heavy atom. The van der Waals surface area contributed by atoms with Crippen LogP contribution in [0.4, 0.5) is 10.1 Å². The Morgan fingerprint density at radius 1 is 1.24 bits per heavy atom. The van der Waals surface area contributed by atoms with Crippen molar-refractivity contribution in [1.29, 1.82) is 0 Å². The highest BCUT2D eigenvalue weighted by Crippen LogP contribution is 2.42. The normalized spacial score (nSPS) is 20.6. The predicted octanol–water partition coefficient (Wildman–Crippen LogP) is 2.97. The Kier molecular flexibility index (Phi) is 3.96. The van der Waals surface area contributed by atoms with Crippen molar-refractivity contribution in [2.75, 3.05) is 12.4 Å². The highest BCUT2D eigenvalue weighted by Gasteiger charge is 2.50. The second-order valence-electron chi connectivity index (χ2n) is 7.56. The number of anilines is 1. The van der Waals surface area contributed by atoms with E-state index >= 15 is 0 Å². The van der Waals surface area contributed by atoms with Crippen molar-refractivity contribution in [1.82, 2.24) is 5.32 Å². The number of esters is 1. The van der Waals surface area contributed by atoms with E-state index in [9.17, 15) is 14.0 Å². The van der Waals surface area contributed by atoms with Crippen LogP contribution in [0.2, 0.25) is 0 Å². The van der Waals surface area contributed by atoms with Crippen molar-refractivity contribution in [3.63, 3.8) is 0 Å². The molecule has 5 rings (SSSR count). The van der Waals surface area contributed by atoms with E-state index in [0.717, 1.165) is 29.5 Å². The van der Waals surface area contributed by atoms with Gasteiger partial charge in [0.1, 0.15) is 23.7 Å². The molecule has 0 spiro atoms. The zero-order valence-corrected chi connectivity index (χ0v) is 15.8. The van der Waals surface area contributed by atoms with Gasteiger partial charge in [0.15, 0.2) is 0 Å². The first-order valence-electron chi connectivity index (χ1n) is 9.45. The van der Waals surface area contributed by atoms with Gasteiger partial charge in [0.05, 0.1) is 12.7 Å². The number of carbonyl (C=O) groups is 2. The number of hydrogen-bond acceptors (Lipinski definition) is 5. The van der Waals surface area contributed by atoms with Crippen LogP contribution in [0.15, 0.2) is 36.4 Å². The third-order valence-electron chi connectivity index (χ3n) is 5.70. The number of halogens is 1. The summed E-state index contributed by atoms with van der Waals surface area (Å²) in [6.07, 6.45) is 1.55. The smallest absolute Gasteiger partial charge is 0.326 e. The van der Waals surface area contributed by atoms with Gasteiger partial charge >= 0.3 is 5.97 Å². The van der Waals surface area contributed by atoms with E-state index in [2.05, 4.69) is 10.6 Å². The first kappa shape index (κ1) is 17.9. The molecule has 148 valence electrons. The van der Waals surface area contributed by atoms with Crippen LogP contribution in [0.5, 0.6) is 0 Å². The SMILES string of the molecule is COC(=O)C1(NCc2ccc3c(c2)COC3=C2C(=O)Nc3ccc(F)cc32)CC1. The van der Waals surface area contributed by atoms with E-state index in [0.29, 0.717) is 35.7 Å². The van der Waals surface area contributed by atoms with Gasteiger partial charge in [0, 0.05) is 28.9 Å². The van der Waals surface area contributed by atoms with Crippen LogP contribution in [-0.2, 0) is 32.2 Å². The first-order chi connectivity index (χ1) is 14.0. The molecule has 6 nitrogen and oxygen atoms in total. The van der Waals surface area contributed by atoms with Gasteiger partial charge in [-0.2, -0.15) is 0 Å². The highest BCUT2D eigenvalue weighted by atomic mass is 19.1. The molecule has 2 aliphatic heterocycles. The van der Waals surface area contributed by atoms with E-state index in [1.165, 1.54) is 19.2 Å². The largest absolute Gasteiger partial charge is 0.487 e. The van der Waals surface area contributed by atoms with Crippen molar-refractivity contribution in [3.05, 3.63) is 64.5 Å². The maximum absolute atomic E-state index is 13.7. The topological polar surface area (TPSA) is 76.7 Å². The molecule has 2 aromatic carbocycles. The molecule has 1 saturated carbocycles. The highest BCUT2D eigenvalue weighted by molar-refractivity contribution is 6.36. The molecule has 1 amide bonds. The summed E-state index contributed by atoms with van der Waals surface area (Å²) in [5.41, 5.74) is 3.67. The summed E-state index contributed by atoms with van der Waals surface area (Å²) in [4.78, 5) is 24.4. The number of rotatable bonds is 4. The number of nitrogens with one attached hydrogen (secondary N) is 2. The van der Waals surface area contributed by atoms with E-state index in [4.69, 9.17) is 9.47 Å². The molecule has 2 N–H and O–H groups in total. The van der Waals surface area contributed by atoms with E-state index in [1.807, 2.05) is 18.2 Å². The van der Waals surface area contributed by atoms with E-state index in [1.54, 1.807) is 6.07 Å². The van der Waals surface area contributed by atoms with Crippen LogP contribution in [-0.4, -0.2) is 24.5 Å². The molecule has 3 aliphatic rings. The van der Waals surface area contributed by atoms with Crippen molar-refractivity contribution >= 4 is 28.9 Å². The van der Waals surface area contributed by atoms with Crippen molar-refractivity contribution < 1.29 is 23.5 Å². The lowest BCUT2D eigenvalue weighted by molar-refractivity contribution is -0.144. The van der Waals surface area contributed by atoms with Gasteiger partial charge in [-0.15, -0.1) is 0 Å². The Labute approximate surface area is 166 Å². The zero-order chi connectivity index (χ0) is 20.2. The molecule has 0 bridgehead atoms. The third kappa shape index (κ3) is 2.89. The van der Waals surface area contributed by atoms with Gasteiger partial charge in [0.2, 0.25) is 0 Å². The zero-order valence-electron chi connectivity index (χ0n) is 15.8. The summed E-state index contributed by atoms with van der Waals surface area (Å²) >= 11 is 0. The molecule has 0 aromatic heterocycles. The minimum atomic E-state index is -0.562. The van der Waals surface area contributed by atoms with Crippen LogP contribution < -0.4 is 10.6 Å². The Morgan fingerprint density at radius 3 is 2.83 bits per heavy atom. The summed E-state index contributed by atoms with van der Waals surface area (Å²) in [6.45, 7) is 0.866. The predicted molar refractivity (Wildman–Crippen MR) is 104 cm³/mol. The van der Waals surface area contributed by atoms with Gasteiger partial charge in [-0.05, 0) is 36.6 Å². The van der Waals surface area contributed by atoms with Crippen molar-refractivity contribution in [2.24, 2.45) is 0 Å². The number of methoxy groups -OCH3 is 1. The lowest BCUT2D eigenvalue weighted by Gasteiger charge is -2.15. The van der Waals surface area contributed by atoms with Gasteiger partial charge < -0.3 is 14.8 Å². The molecule has 2 aromatic rings. The molecule has 0 unspecified atom stereocenters. The summed E-state index contributed by atoms with van der Waals surface area (Å²) in [5, 5.41) is 6.04. The van der Waals surface area contributed by atoms with E-state index < -0.39 is 11.4 Å². The molecule has 1 fully saturated rings. The second kappa shape index (κ2) is 6.42. The monoisotopic (exact) mass is 394 g/mol. The third-order valence-corrected chi connectivity index (χ3v) is 5.70. The minimum absolute atomic E-state index is 0.229. The summed E-state index contributed by atoms with van der Waals surface area (Å²) in [6, 6.07) is 10.1. The summed E-state index contributed by atoms with van der Waals surface area (Å²) < 4.78 is 24.4. The lowest BCUT2D eigenvalue weighted by Crippen LogP contribution is -2.39. The quantitative estimate of drug-likeness (QED) is 0.616. The average Bonchev–Trinajstić information content (AvgIpc) is 3.31. The lowest BCUT2D eigenvalue weighted by atomic mass is 9.99. The van der Waals surface area contributed by atoms with Crippen LogP contribution in [0.25, 0.3) is 11.3 Å². The summed E-state index contributed by atoms with van der Waals surface area (Å²) in [5.74, 6) is -0.465. The first-order valence-corrected chi connectivity index (χ1v) is 9.45. The number of benzene rings is 2. The number of fused-ring (bicyclic) bond motifs is 2. The maximum atomic E-state index is 13.7. The molecular weight excluding hydrogens is 375 g/mol. The Hall–Kier alpha value is -3.19. The fourth-order valence-corrected chi connectivity index (χ4v) is 3.94. The van der Waals surface area contributed by atoms with Crippen LogP contribution in [0, 0.1) is 5.82 Å². The number of hydrogen-bond donors (Lipinski definition) is 2. The standard InChI is InChI=1S/C22H19FN2O4/c1-28-21(27)22(6-7-22)24-10-12-2-4-15-13(8-12)11-29-19(15)18-16-9-14(23)3-5-17(16)25-20(18)26/h2-5,8-9,24H,6-7,10-11H2,1H3,(H,25,26). The number of amides is 1. The van der Waals surface area contributed by atoms with Crippen molar-refractivity contribution in [3.8, 4) is 0 Å². The summed E-state index contributed by atoms with van der Waals surface area (Å²) in [7, 11) is 1.40. The van der Waals surface area contributed by atoms with Gasteiger partial charge in [0.25, 0.3) is 5.91 Å².